The lowest BCUT2D eigenvalue weighted by atomic mass is 10.0. The number of rotatable bonds is 5. The number of carbonyl (C=O) groups excluding carboxylic acids is 1. The number of halogens is 7. The first-order chi connectivity index (χ1) is 19.9. The summed E-state index contributed by atoms with van der Waals surface area (Å²) in [4.78, 5) is 13.3. The Labute approximate surface area is 240 Å². The summed E-state index contributed by atoms with van der Waals surface area (Å²) < 4.78 is 83.2. The molecule has 216 valence electrons. The van der Waals surface area contributed by atoms with Crippen LogP contribution in [0.5, 0.6) is 11.5 Å². The molecule has 0 fully saturated rings. The van der Waals surface area contributed by atoms with Gasteiger partial charge in [-0.1, -0.05) is 35.9 Å². The average Bonchev–Trinajstić information content (AvgIpc) is 3.40. The summed E-state index contributed by atoms with van der Waals surface area (Å²) in [6.07, 6.45) is -7.25. The number of hydrogen-bond acceptors (Lipinski definition) is 3. The summed E-state index contributed by atoms with van der Waals surface area (Å²) in [6.45, 7) is 0. The van der Waals surface area contributed by atoms with Crippen molar-refractivity contribution < 1.29 is 35.9 Å². The highest BCUT2D eigenvalue weighted by Gasteiger charge is 2.34. The number of ether oxygens (including phenoxy) is 1. The maximum atomic E-state index is 13.3. The molecule has 0 saturated heterocycles. The Morgan fingerprint density at radius 1 is 0.738 bits per heavy atom. The van der Waals surface area contributed by atoms with Crippen molar-refractivity contribution in [1.29, 1.82) is 0 Å². The molecule has 1 unspecified atom stereocenters. The second-order valence-corrected chi connectivity index (χ2v) is 9.65. The molecule has 4 aromatic carbocycles. The number of hydrogen-bond donors (Lipinski definition) is 2. The van der Waals surface area contributed by atoms with E-state index in [-0.39, 0.29) is 5.75 Å². The van der Waals surface area contributed by atoms with Crippen LogP contribution < -0.4 is 15.5 Å². The van der Waals surface area contributed by atoms with Crippen molar-refractivity contribution in [3.63, 3.8) is 0 Å². The van der Waals surface area contributed by atoms with E-state index in [9.17, 15) is 31.1 Å². The molecule has 5 nitrogen and oxygen atoms in total. The molecule has 1 atom stereocenters. The number of urea groups is 1. The van der Waals surface area contributed by atoms with Crippen molar-refractivity contribution in [1.82, 2.24) is 10.4 Å². The first-order valence-corrected chi connectivity index (χ1v) is 12.7. The molecule has 1 heterocycles. The highest BCUT2D eigenvalue weighted by Crippen LogP contribution is 2.35. The van der Waals surface area contributed by atoms with Crippen LogP contribution in [-0.2, 0) is 12.4 Å². The molecule has 4 aromatic rings. The van der Waals surface area contributed by atoms with Gasteiger partial charge in [0.2, 0.25) is 0 Å². The van der Waals surface area contributed by atoms with E-state index in [4.69, 9.17) is 16.3 Å². The van der Waals surface area contributed by atoms with Gasteiger partial charge in [-0.3, -0.25) is 5.43 Å². The molecule has 2 amide bonds. The third-order valence-corrected chi connectivity index (χ3v) is 6.57. The standard InChI is InChI=1S/C30H20ClF6N3O2/c31-22-9-3-18(4-10-22)26-17-27(19-1-5-20(6-2-19)29(32,33)34)40(39-26)28(41)38-23-11-15-25(16-12-23)42-24-13-7-21(8-14-24)30(35,36)37/h1-17,27,39H,(H,38,41). The zero-order valence-electron chi connectivity index (χ0n) is 21.3. The first-order valence-electron chi connectivity index (χ1n) is 12.3. The SMILES string of the molecule is O=C(Nc1ccc(Oc2ccc(C(F)(F)F)cc2)cc1)N1NC(c2ccc(Cl)cc2)=CC1c1ccc(C(F)(F)F)cc1. The highest BCUT2D eigenvalue weighted by atomic mass is 35.5. The number of benzene rings is 4. The molecule has 0 aromatic heterocycles. The van der Waals surface area contributed by atoms with E-state index in [2.05, 4.69) is 10.7 Å². The van der Waals surface area contributed by atoms with Gasteiger partial charge in [0.1, 0.15) is 17.5 Å². The van der Waals surface area contributed by atoms with Gasteiger partial charge in [-0.15, -0.1) is 0 Å². The normalized spacial score (nSPS) is 15.2. The fourth-order valence-corrected chi connectivity index (χ4v) is 4.31. The lowest BCUT2D eigenvalue weighted by Gasteiger charge is -2.26. The molecule has 5 rings (SSSR count). The number of alkyl halides is 6. The lowest BCUT2D eigenvalue weighted by molar-refractivity contribution is -0.138. The quantitative estimate of drug-likeness (QED) is 0.224. The largest absolute Gasteiger partial charge is 0.457 e. The Morgan fingerprint density at radius 2 is 1.24 bits per heavy atom. The van der Waals surface area contributed by atoms with Gasteiger partial charge >= 0.3 is 18.4 Å². The van der Waals surface area contributed by atoms with Crippen molar-refractivity contribution in [3.05, 3.63) is 130 Å². The number of hydrazine groups is 1. The second kappa shape index (κ2) is 11.3. The smallest absolute Gasteiger partial charge is 0.416 e. The van der Waals surface area contributed by atoms with E-state index in [0.717, 1.165) is 24.3 Å². The van der Waals surface area contributed by atoms with Gasteiger partial charge < -0.3 is 10.1 Å². The number of amides is 2. The molecule has 42 heavy (non-hydrogen) atoms. The number of carbonyl (C=O) groups is 1. The Kier molecular flexibility index (Phi) is 7.79. The van der Waals surface area contributed by atoms with E-state index in [1.807, 2.05) is 0 Å². The van der Waals surface area contributed by atoms with Crippen molar-refractivity contribution in [3.8, 4) is 11.5 Å². The molecule has 0 bridgehead atoms. The van der Waals surface area contributed by atoms with E-state index in [1.54, 1.807) is 30.3 Å². The monoisotopic (exact) mass is 603 g/mol. The zero-order valence-corrected chi connectivity index (χ0v) is 22.1. The maximum absolute atomic E-state index is 13.3. The van der Waals surface area contributed by atoms with Crippen LogP contribution in [0.1, 0.15) is 28.3 Å². The molecule has 0 radical (unpaired) electrons. The van der Waals surface area contributed by atoms with Crippen molar-refractivity contribution >= 4 is 29.0 Å². The van der Waals surface area contributed by atoms with Crippen molar-refractivity contribution in [2.45, 2.75) is 18.4 Å². The third-order valence-electron chi connectivity index (χ3n) is 6.32. The third kappa shape index (κ3) is 6.63. The second-order valence-electron chi connectivity index (χ2n) is 9.21. The summed E-state index contributed by atoms with van der Waals surface area (Å²) in [7, 11) is 0. The molecule has 1 aliphatic rings. The minimum Gasteiger partial charge on any atom is -0.457 e. The zero-order chi connectivity index (χ0) is 30.1. The molecular weight excluding hydrogens is 584 g/mol. The molecule has 2 N–H and O–H groups in total. The Hall–Kier alpha value is -4.64. The van der Waals surface area contributed by atoms with Gasteiger partial charge in [0.05, 0.1) is 16.8 Å². The molecule has 12 heteroatoms. The molecular formula is C30H20ClF6N3O2. The van der Waals surface area contributed by atoms with Crippen molar-refractivity contribution in [2.24, 2.45) is 0 Å². The minimum atomic E-state index is -4.50. The van der Waals surface area contributed by atoms with Gasteiger partial charge in [-0.25, -0.2) is 9.80 Å². The van der Waals surface area contributed by atoms with E-state index in [1.165, 1.54) is 53.5 Å². The Morgan fingerprint density at radius 3 is 1.76 bits per heavy atom. The fourth-order valence-electron chi connectivity index (χ4n) is 4.19. The van der Waals surface area contributed by atoms with Crippen LogP contribution in [0.25, 0.3) is 5.70 Å². The van der Waals surface area contributed by atoms with Gasteiger partial charge in [0.25, 0.3) is 0 Å². The van der Waals surface area contributed by atoms with E-state index >= 15 is 0 Å². The maximum Gasteiger partial charge on any atom is 0.416 e. The molecule has 1 aliphatic heterocycles. The van der Waals surface area contributed by atoms with Crippen LogP contribution in [0, 0.1) is 0 Å². The van der Waals surface area contributed by atoms with Gasteiger partial charge in [0, 0.05) is 10.7 Å². The molecule has 0 spiro atoms. The molecule has 0 saturated carbocycles. The van der Waals surface area contributed by atoms with Crippen molar-refractivity contribution in [2.75, 3.05) is 5.32 Å². The topological polar surface area (TPSA) is 53.6 Å². The summed E-state index contributed by atoms with van der Waals surface area (Å²) in [6, 6.07) is 20.3. The van der Waals surface area contributed by atoms with Crippen LogP contribution in [0.15, 0.2) is 103 Å². The first kappa shape index (κ1) is 28.9. The Balaban J connectivity index is 1.32. The number of nitrogens with zero attached hydrogens (tertiary/aromatic N) is 1. The van der Waals surface area contributed by atoms with E-state index < -0.39 is 35.6 Å². The lowest BCUT2D eigenvalue weighted by Crippen LogP contribution is -2.42. The Bertz CT molecular complexity index is 1590. The number of nitrogens with one attached hydrogen (secondary N) is 2. The van der Waals surface area contributed by atoms with Gasteiger partial charge in [-0.2, -0.15) is 26.3 Å². The van der Waals surface area contributed by atoms with Gasteiger partial charge in [-0.05, 0) is 90.0 Å². The fraction of sp³-hybridized carbons (Fsp3) is 0.100. The van der Waals surface area contributed by atoms with Crippen LogP contribution in [0.3, 0.4) is 0 Å². The summed E-state index contributed by atoms with van der Waals surface area (Å²) in [5.74, 6) is 0.516. The molecule has 0 aliphatic carbocycles. The summed E-state index contributed by atoms with van der Waals surface area (Å²) in [5.41, 5.74) is 3.46. The average molecular weight is 604 g/mol. The summed E-state index contributed by atoms with van der Waals surface area (Å²) in [5, 5.41) is 4.49. The van der Waals surface area contributed by atoms with Crippen LogP contribution in [0.2, 0.25) is 5.02 Å². The highest BCUT2D eigenvalue weighted by molar-refractivity contribution is 6.30. The summed E-state index contributed by atoms with van der Waals surface area (Å²) >= 11 is 5.99. The van der Waals surface area contributed by atoms with Crippen LogP contribution in [-0.4, -0.2) is 11.0 Å². The minimum absolute atomic E-state index is 0.196. The van der Waals surface area contributed by atoms with E-state index in [0.29, 0.717) is 33.3 Å². The predicted molar refractivity (Wildman–Crippen MR) is 146 cm³/mol. The van der Waals surface area contributed by atoms with Crippen LogP contribution >= 0.6 is 11.6 Å². The van der Waals surface area contributed by atoms with Crippen LogP contribution in [0.4, 0.5) is 36.8 Å². The predicted octanol–water partition coefficient (Wildman–Crippen LogP) is 9.30. The van der Waals surface area contributed by atoms with Gasteiger partial charge in [0.15, 0.2) is 0 Å². The number of anilines is 1.